The van der Waals surface area contributed by atoms with Crippen molar-refractivity contribution in [1.82, 2.24) is 29.6 Å². The lowest BCUT2D eigenvalue weighted by Gasteiger charge is -2.08. The summed E-state index contributed by atoms with van der Waals surface area (Å²) in [6, 6.07) is 20.0. The summed E-state index contributed by atoms with van der Waals surface area (Å²) in [7, 11) is 0. The van der Waals surface area contributed by atoms with E-state index in [-0.39, 0.29) is 11.7 Å². The second-order valence-corrected chi connectivity index (χ2v) is 8.71. The molecule has 0 aliphatic rings. The largest absolute Gasteiger partial charge is 0.461 e. The Balaban J connectivity index is 1.13. The molecule has 34 heavy (non-hydrogen) atoms. The van der Waals surface area contributed by atoms with Crippen LogP contribution < -0.4 is 5.32 Å². The van der Waals surface area contributed by atoms with E-state index in [9.17, 15) is 4.79 Å². The van der Waals surface area contributed by atoms with Crippen molar-refractivity contribution >= 4 is 28.7 Å². The Bertz CT molecular complexity index is 1390. The molecule has 5 aromatic rings. The first-order chi connectivity index (χ1) is 16.7. The van der Waals surface area contributed by atoms with Gasteiger partial charge in [0.1, 0.15) is 0 Å². The van der Waals surface area contributed by atoms with E-state index in [1.807, 2.05) is 60.3 Å². The van der Waals surface area contributed by atoms with Gasteiger partial charge in [-0.25, -0.2) is 4.98 Å². The molecule has 9 heteroatoms. The number of rotatable bonds is 9. The van der Waals surface area contributed by atoms with Crippen molar-refractivity contribution in [3.63, 3.8) is 0 Å². The van der Waals surface area contributed by atoms with E-state index in [1.165, 1.54) is 17.3 Å². The number of nitrogens with zero attached hydrogens (tertiary/aromatic N) is 5. The van der Waals surface area contributed by atoms with Crippen LogP contribution in [0.25, 0.3) is 22.6 Å². The Labute approximate surface area is 201 Å². The number of carbonyl (C=O) groups excluding carboxylic acids is 1. The Hall–Kier alpha value is -3.85. The highest BCUT2D eigenvalue weighted by atomic mass is 32.2. The number of para-hydroxylation sites is 2. The molecule has 8 nitrogen and oxygen atoms in total. The standard InChI is InChI=1S/C25H24N6O2S/c1-2-31-24(22-8-5-13-33-22)28-29-25(31)34-16-23(32)26-14-18-9-11-19(12-10-18)15-30-17-27-20-6-3-4-7-21(20)30/h3-13,17H,2,14-16H2,1H3,(H,26,32). The van der Waals surface area contributed by atoms with Crippen LogP contribution in [0.5, 0.6) is 0 Å². The number of amides is 1. The zero-order chi connectivity index (χ0) is 23.3. The Kier molecular flexibility index (Phi) is 6.44. The molecule has 2 aromatic carbocycles. The number of nitrogens with one attached hydrogen (secondary N) is 1. The predicted octanol–water partition coefficient (Wildman–Crippen LogP) is 4.36. The van der Waals surface area contributed by atoms with Crippen LogP contribution in [0.15, 0.2) is 82.8 Å². The highest BCUT2D eigenvalue weighted by Crippen LogP contribution is 2.24. The SMILES string of the molecule is CCn1c(SCC(=O)NCc2ccc(Cn3cnc4ccccc43)cc2)nnc1-c1ccco1. The zero-order valence-corrected chi connectivity index (χ0v) is 19.5. The maximum Gasteiger partial charge on any atom is 0.230 e. The lowest BCUT2D eigenvalue weighted by molar-refractivity contribution is -0.118. The van der Waals surface area contributed by atoms with Crippen molar-refractivity contribution in [2.24, 2.45) is 0 Å². The van der Waals surface area contributed by atoms with Gasteiger partial charge in [0.2, 0.25) is 5.91 Å². The molecular weight excluding hydrogens is 448 g/mol. The summed E-state index contributed by atoms with van der Waals surface area (Å²) in [5.41, 5.74) is 4.34. The van der Waals surface area contributed by atoms with Crippen LogP contribution in [0, 0.1) is 0 Å². The molecule has 0 spiro atoms. The fourth-order valence-electron chi connectivity index (χ4n) is 3.75. The van der Waals surface area contributed by atoms with Crippen LogP contribution in [0.4, 0.5) is 0 Å². The molecule has 0 bridgehead atoms. The highest BCUT2D eigenvalue weighted by molar-refractivity contribution is 7.99. The Morgan fingerprint density at radius 1 is 1.03 bits per heavy atom. The molecule has 0 aliphatic carbocycles. The molecule has 0 radical (unpaired) electrons. The third-order valence-corrected chi connectivity index (χ3v) is 6.47. The normalized spacial score (nSPS) is 11.2. The number of hydrogen-bond donors (Lipinski definition) is 1. The van der Waals surface area contributed by atoms with Crippen LogP contribution in [0.2, 0.25) is 0 Å². The van der Waals surface area contributed by atoms with Gasteiger partial charge in [-0.3, -0.25) is 9.36 Å². The third kappa shape index (κ3) is 4.74. The van der Waals surface area contributed by atoms with E-state index in [1.54, 1.807) is 6.26 Å². The number of benzene rings is 2. The van der Waals surface area contributed by atoms with E-state index >= 15 is 0 Å². The topological polar surface area (TPSA) is 90.8 Å². The maximum absolute atomic E-state index is 12.4. The first-order valence-corrected chi connectivity index (χ1v) is 12.0. The maximum atomic E-state index is 12.4. The van der Waals surface area contributed by atoms with Crippen molar-refractivity contribution < 1.29 is 9.21 Å². The summed E-state index contributed by atoms with van der Waals surface area (Å²) in [5.74, 6) is 1.54. The first kappa shape index (κ1) is 22.0. The summed E-state index contributed by atoms with van der Waals surface area (Å²) >= 11 is 1.37. The monoisotopic (exact) mass is 472 g/mol. The highest BCUT2D eigenvalue weighted by Gasteiger charge is 2.16. The minimum absolute atomic E-state index is 0.0517. The number of aromatic nitrogens is 5. The van der Waals surface area contributed by atoms with E-state index in [4.69, 9.17) is 4.42 Å². The van der Waals surface area contributed by atoms with Gasteiger partial charge >= 0.3 is 0 Å². The van der Waals surface area contributed by atoms with Crippen LogP contribution in [-0.2, 0) is 24.4 Å². The number of thioether (sulfide) groups is 1. The summed E-state index contributed by atoms with van der Waals surface area (Å²) < 4.78 is 9.51. The number of carbonyl (C=O) groups is 1. The number of furan rings is 1. The number of hydrogen-bond acceptors (Lipinski definition) is 6. The van der Waals surface area contributed by atoms with Crippen molar-refractivity contribution in [3.05, 3.63) is 84.4 Å². The van der Waals surface area contributed by atoms with Gasteiger partial charge in [0, 0.05) is 19.6 Å². The lowest BCUT2D eigenvalue weighted by Crippen LogP contribution is -2.24. The van der Waals surface area contributed by atoms with Crippen LogP contribution in [0.1, 0.15) is 18.1 Å². The molecule has 1 amide bonds. The second-order valence-electron chi connectivity index (χ2n) is 7.77. The molecule has 172 valence electrons. The van der Waals surface area contributed by atoms with Gasteiger partial charge in [0.15, 0.2) is 16.7 Å². The Morgan fingerprint density at radius 2 is 1.85 bits per heavy atom. The molecule has 1 N–H and O–H groups in total. The molecular formula is C25H24N6O2S. The van der Waals surface area contributed by atoms with Crippen LogP contribution in [0.3, 0.4) is 0 Å². The Morgan fingerprint density at radius 3 is 2.65 bits per heavy atom. The zero-order valence-electron chi connectivity index (χ0n) is 18.7. The number of imidazole rings is 1. The van der Waals surface area contributed by atoms with Gasteiger partial charge in [-0.15, -0.1) is 10.2 Å². The summed E-state index contributed by atoms with van der Waals surface area (Å²) in [6.07, 6.45) is 3.48. The quantitative estimate of drug-likeness (QED) is 0.321. The predicted molar refractivity (Wildman–Crippen MR) is 131 cm³/mol. The molecule has 0 saturated heterocycles. The van der Waals surface area contributed by atoms with Crippen molar-refractivity contribution in [2.45, 2.75) is 31.7 Å². The molecule has 0 unspecified atom stereocenters. The second kappa shape index (κ2) is 9.96. The van der Waals surface area contributed by atoms with Gasteiger partial charge < -0.3 is 14.3 Å². The van der Waals surface area contributed by atoms with E-state index in [0.29, 0.717) is 29.8 Å². The van der Waals surface area contributed by atoms with E-state index < -0.39 is 0 Å². The van der Waals surface area contributed by atoms with Crippen LogP contribution >= 0.6 is 11.8 Å². The fraction of sp³-hybridized carbons (Fsp3) is 0.200. The van der Waals surface area contributed by atoms with Gasteiger partial charge in [0.25, 0.3) is 0 Å². The molecule has 0 aliphatic heterocycles. The number of fused-ring (bicyclic) bond motifs is 1. The third-order valence-electron chi connectivity index (χ3n) is 5.50. The van der Waals surface area contributed by atoms with Crippen molar-refractivity contribution in [3.8, 4) is 11.6 Å². The minimum atomic E-state index is -0.0517. The smallest absolute Gasteiger partial charge is 0.230 e. The van der Waals surface area contributed by atoms with Gasteiger partial charge in [-0.05, 0) is 42.3 Å². The summed E-state index contributed by atoms with van der Waals surface area (Å²) in [4.78, 5) is 16.9. The van der Waals surface area contributed by atoms with Gasteiger partial charge in [-0.1, -0.05) is 48.2 Å². The molecule has 0 fully saturated rings. The first-order valence-electron chi connectivity index (χ1n) is 11.1. The molecule has 3 heterocycles. The van der Waals surface area contributed by atoms with Crippen molar-refractivity contribution in [2.75, 3.05) is 5.75 Å². The van der Waals surface area contributed by atoms with Gasteiger partial charge in [-0.2, -0.15) is 0 Å². The molecule has 0 saturated carbocycles. The van der Waals surface area contributed by atoms with Gasteiger partial charge in [0.05, 0.1) is 29.4 Å². The van der Waals surface area contributed by atoms with Crippen molar-refractivity contribution in [1.29, 1.82) is 0 Å². The fourth-order valence-corrected chi connectivity index (χ4v) is 4.58. The van der Waals surface area contributed by atoms with Crippen LogP contribution in [-0.4, -0.2) is 36.0 Å². The minimum Gasteiger partial charge on any atom is -0.461 e. The average molecular weight is 473 g/mol. The summed E-state index contributed by atoms with van der Waals surface area (Å²) in [5, 5.41) is 12.1. The average Bonchev–Trinajstić information content (AvgIpc) is 3.62. The van der Waals surface area contributed by atoms with E-state index in [0.717, 1.165) is 23.1 Å². The summed E-state index contributed by atoms with van der Waals surface area (Å²) in [6.45, 7) is 3.93. The lowest BCUT2D eigenvalue weighted by atomic mass is 10.1. The molecule has 3 aromatic heterocycles. The van der Waals surface area contributed by atoms with E-state index in [2.05, 4.69) is 43.3 Å². The molecule has 0 atom stereocenters. The molecule has 5 rings (SSSR count).